The van der Waals surface area contributed by atoms with Crippen molar-refractivity contribution in [2.75, 3.05) is 25.0 Å². The van der Waals surface area contributed by atoms with Gasteiger partial charge < -0.3 is 20.6 Å². The van der Waals surface area contributed by atoms with Gasteiger partial charge in [-0.2, -0.15) is 0 Å². The van der Waals surface area contributed by atoms with Gasteiger partial charge in [-0.1, -0.05) is 26.0 Å². The van der Waals surface area contributed by atoms with Crippen LogP contribution in [-0.4, -0.2) is 43.3 Å². The van der Waals surface area contributed by atoms with Gasteiger partial charge in [-0.25, -0.2) is 8.78 Å². The molecule has 1 amide bonds. The van der Waals surface area contributed by atoms with Crippen LogP contribution >= 0.6 is 0 Å². The number of amides is 1. The first-order chi connectivity index (χ1) is 16.0. The molecular weight excluding hydrogens is 436 g/mol. The van der Waals surface area contributed by atoms with E-state index in [1.807, 2.05) is 0 Å². The Balaban J connectivity index is 1.78. The molecule has 0 fully saturated rings. The first-order valence-electron chi connectivity index (χ1n) is 12.0. The molecule has 34 heavy (non-hydrogen) atoms. The summed E-state index contributed by atoms with van der Waals surface area (Å²) >= 11 is 0. The maximum atomic E-state index is 13.7. The average molecular weight is 474 g/mol. The first-order valence-corrected chi connectivity index (χ1v) is 12.0. The van der Waals surface area contributed by atoms with Gasteiger partial charge in [0.25, 0.3) is 0 Å². The van der Waals surface area contributed by atoms with E-state index in [4.69, 9.17) is 0 Å². The minimum Gasteiger partial charge on any atom is -0.390 e. The zero-order valence-corrected chi connectivity index (χ0v) is 20.8. The van der Waals surface area contributed by atoms with Crippen molar-refractivity contribution in [1.82, 2.24) is 10.6 Å². The van der Waals surface area contributed by atoms with Gasteiger partial charge in [0.05, 0.1) is 12.1 Å². The van der Waals surface area contributed by atoms with Crippen LogP contribution in [-0.2, 0) is 23.2 Å². The third-order valence-electron chi connectivity index (χ3n) is 6.59. The number of halogens is 2. The number of aliphatic hydroxyl groups is 1. The molecule has 1 heterocycles. The number of aliphatic hydroxyl groups excluding tert-OH is 1. The normalized spacial score (nSPS) is 19.6. The summed E-state index contributed by atoms with van der Waals surface area (Å²) in [6.07, 6.45) is 1.01. The number of rotatable bonds is 9. The number of fused-ring (bicyclic) bond motifs is 1. The number of nitrogens with zero attached hydrogens (tertiary/aromatic N) is 1. The monoisotopic (exact) mass is 473 g/mol. The summed E-state index contributed by atoms with van der Waals surface area (Å²) < 4.78 is 27.3. The summed E-state index contributed by atoms with van der Waals surface area (Å²) in [5, 5.41) is 17.3. The molecule has 3 atom stereocenters. The van der Waals surface area contributed by atoms with Crippen molar-refractivity contribution in [3.05, 3.63) is 64.7 Å². The Bertz CT molecular complexity index is 993. The lowest BCUT2D eigenvalue weighted by Gasteiger charge is -2.42. The van der Waals surface area contributed by atoms with Crippen molar-refractivity contribution >= 4 is 11.6 Å². The molecule has 0 bridgehead atoms. The molecule has 0 unspecified atom stereocenters. The van der Waals surface area contributed by atoms with E-state index in [1.165, 1.54) is 30.2 Å². The van der Waals surface area contributed by atoms with Crippen molar-refractivity contribution in [2.45, 2.75) is 64.6 Å². The zero-order chi connectivity index (χ0) is 25.0. The Labute approximate surface area is 201 Å². The summed E-state index contributed by atoms with van der Waals surface area (Å²) in [5.41, 5.74) is 3.65. The Morgan fingerprint density at radius 3 is 2.41 bits per heavy atom. The summed E-state index contributed by atoms with van der Waals surface area (Å²) in [6, 6.07) is 9.17. The molecule has 3 rings (SSSR count). The van der Waals surface area contributed by atoms with Crippen molar-refractivity contribution in [3.8, 4) is 0 Å². The smallest absolute Gasteiger partial charge is 0.217 e. The molecule has 2 aromatic rings. The van der Waals surface area contributed by atoms with E-state index in [-0.39, 0.29) is 24.4 Å². The number of anilines is 1. The molecule has 1 aliphatic heterocycles. The largest absolute Gasteiger partial charge is 0.390 e. The van der Waals surface area contributed by atoms with Crippen molar-refractivity contribution in [2.24, 2.45) is 5.92 Å². The SMILES string of the molecule is CC(=O)N[C@@H](Cc1cc(F)cc(F)c1)[C@H](O)CN[C@@]1(C)CCN(C)c2ccc(CC(C)C)cc21. The molecule has 0 aliphatic carbocycles. The Morgan fingerprint density at radius 1 is 1.12 bits per heavy atom. The molecule has 0 aromatic heterocycles. The Morgan fingerprint density at radius 2 is 1.79 bits per heavy atom. The topological polar surface area (TPSA) is 64.6 Å². The highest BCUT2D eigenvalue weighted by molar-refractivity contribution is 5.73. The van der Waals surface area contributed by atoms with Crippen LogP contribution in [0.25, 0.3) is 0 Å². The molecule has 3 N–H and O–H groups in total. The number of carbonyl (C=O) groups is 1. The highest BCUT2D eigenvalue weighted by Crippen LogP contribution is 2.38. The lowest BCUT2D eigenvalue weighted by molar-refractivity contribution is -0.120. The van der Waals surface area contributed by atoms with Crippen LogP contribution < -0.4 is 15.5 Å². The van der Waals surface area contributed by atoms with E-state index in [0.29, 0.717) is 11.5 Å². The number of benzene rings is 2. The Hall–Kier alpha value is -2.51. The van der Waals surface area contributed by atoms with E-state index >= 15 is 0 Å². The molecule has 0 radical (unpaired) electrons. The van der Waals surface area contributed by atoms with Gasteiger partial charge in [-0.3, -0.25) is 4.79 Å². The molecule has 5 nitrogen and oxygen atoms in total. The van der Waals surface area contributed by atoms with Crippen LogP contribution in [0.5, 0.6) is 0 Å². The summed E-state index contributed by atoms with van der Waals surface area (Å²) in [6.45, 7) is 8.99. The number of nitrogens with one attached hydrogen (secondary N) is 2. The maximum Gasteiger partial charge on any atom is 0.217 e. The van der Waals surface area contributed by atoms with Crippen LogP contribution in [0, 0.1) is 17.6 Å². The number of carbonyl (C=O) groups excluding carboxylic acids is 1. The second-order valence-electron chi connectivity index (χ2n) is 10.2. The second-order valence-corrected chi connectivity index (χ2v) is 10.2. The fourth-order valence-electron chi connectivity index (χ4n) is 4.79. The fourth-order valence-corrected chi connectivity index (χ4v) is 4.79. The third kappa shape index (κ3) is 6.54. The van der Waals surface area contributed by atoms with Gasteiger partial charge >= 0.3 is 0 Å². The molecule has 0 saturated carbocycles. The lowest BCUT2D eigenvalue weighted by Crippen LogP contribution is -2.53. The molecule has 186 valence electrons. The number of hydrogen-bond acceptors (Lipinski definition) is 4. The van der Waals surface area contributed by atoms with E-state index in [0.717, 1.165) is 31.1 Å². The molecule has 0 spiro atoms. The van der Waals surface area contributed by atoms with Gasteiger partial charge in [0.15, 0.2) is 0 Å². The summed E-state index contributed by atoms with van der Waals surface area (Å²) in [5.74, 6) is -1.13. The van der Waals surface area contributed by atoms with Crippen molar-refractivity contribution in [3.63, 3.8) is 0 Å². The molecule has 0 saturated heterocycles. The minimum absolute atomic E-state index is 0.117. The van der Waals surface area contributed by atoms with Gasteiger partial charge in [0, 0.05) is 44.4 Å². The van der Waals surface area contributed by atoms with Gasteiger partial charge in [-0.05, 0) is 67.0 Å². The molecule has 1 aliphatic rings. The Kier molecular flexibility index (Phi) is 8.31. The van der Waals surface area contributed by atoms with Gasteiger partial charge in [0.2, 0.25) is 5.91 Å². The highest BCUT2D eigenvalue weighted by atomic mass is 19.1. The minimum atomic E-state index is -0.950. The average Bonchev–Trinajstić information content (AvgIpc) is 2.73. The lowest BCUT2D eigenvalue weighted by atomic mass is 9.82. The van der Waals surface area contributed by atoms with Crippen LogP contribution in [0.15, 0.2) is 36.4 Å². The van der Waals surface area contributed by atoms with Crippen LogP contribution in [0.3, 0.4) is 0 Å². The van der Waals surface area contributed by atoms with Crippen molar-refractivity contribution in [1.29, 1.82) is 0 Å². The standard InChI is InChI=1S/C27H37F2N3O2/c1-17(2)10-19-6-7-25-23(13-19)27(4,8-9-32(25)5)30-16-26(34)24(31-18(3)33)14-20-11-21(28)15-22(29)12-20/h6-7,11-13,15,17,24,26,30,34H,8-10,14,16H2,1-5H3,(H,31,33)/t24-,26+,27-/m0/s1. The van der Waals surface area contributed by atoms with Crippen LogP contribution in [0.1, 0.15) is 50.8 Å². The molecule has 2 aromatic carbocycles. The van der Waals surface area contributed by atoms with E-state index < -0.39 is 23.8 Å². The number of hydrogen-bond donors (Lipinski definition) is 3. The first kappa shape index (κ1) is 26.1. The van der Waals surface area contributed by atoms with Gasteiger partial charge in [0.1, 0.15) is 11.6 Å². The van der Waals surface area contributed by atoms with E-state index in [1.54, 1.807) is 0 Å². The predicted octanol–water partition coefficient (Wildman–Crippen LogP) is 3.92. The fraction of sp³-hybridized carbons (Fsp3) is 0.519. The molecule has 7 heteroatoms. The molecular formula is C27H37F2N3O2. The summed E-state index contributed by atoms with van der Waals surface area (Å²) in [4.78, 5) is 14.0. The predicted molar refractivity (Wildman–Crippen MR) is 132 cm³/mol. The van der Waals surface area contributed by atoms with Crippen LogP contribution in [0.2, 0.25) is 0 Å². The highest BCUT2D eigenvalue weighted by Gasteiger charge is 2.35. The van der Waals surface area contributed by atoms with E-state index in [2.05, 4.69) is 61.6 Å². The van der Waals surface area contributed by atoms with Gasteiger partial charge in [-0.15, -0.1) is 0 Å². The maximum absolute atomic E-state index is 13.7. The second kappa shape index (κ2) is 10.8. The zero-order valence-electron chi connectivity index (χ0n) is 20.8. The van der Waals surface area contributed by atoms with Crippen LogP contribution in [0.4, 0.5) is 14.5 Å². The van der Waals surface area contributed by atoms with Crippen molar-refractivity contribution < 1.29 is 18.7 Å². The third-order valence-corrected chi connectivity index (χ3v) is 6.59. The van der Waals surface area contributed by atoms with E-state index in [9.17, 15) is 18.7 Å². The summed E-state index contributed by atoms with van der Waals surface area (Å²) in [7, 11) is 2.08. The quantitative estimate of drug-likeness (QED) is 0.517.